The first-order valence-corrected chi connectivity index (χ1v) is 5.25. The third kappa shape index (κ3) is 2.09. The molecule has 1 aliphatic carbocycles. The van der Waals surface area contributed by atoms with Gasteiger partial charge in [0.25, 0.3) is 0 Å². The van der Waals surface area contributed by atoms with Crippen LogP contribution in [0.1, 0.15) is 30.7 Å². The number of carboxylic acid groups (broad SMARTS) is 1. The maximum absolute atomic E-state index is 11.2. The maximum Gasteiger partial charge on any atom is 0.315 e. The molecule has 0 heterocycles. The second kappa shape index (κ2) is 4.30. The average Bonchev–Trinajstić information content (AvgIpc) is 2.72. The number of hydrogen-bond donors (Lipinski definition) is 1. The van der Waals surface area contributed by atoms with Crippen LogP contribution < -0.4 is 0 Å². The number of carbonyl (C=O) groups is 1. The predicted molar refractivity (Wildman–Crippen MR) is 58.8 cm³/mol. The van der Waals surface area contributed by atoms with Crippen molar-refractivity contribution in [2.45, 2.75) is 25.2 Å². The Morgan fingerprint density at radius 3 is 2.53 bits per heavy atom. The first kappa shape index (κ1) is 9.97. The molecular formula is C13H14O2. The molecule has 1 N–H and O–H groups in total. The van der Waals surface area contributed by atoms with Gasteiger partial charge in [0, 0.05) is 0 Å². The third-order valence-electron chi connectivity index (χ3n) is 2.83. The molecule has 2 heteroatoms. The summed E-state index contributed by atoms with van der Waals surface area (Å²) in [6, 6.07) is 9.46. The molecule has 15 heavy (non-hydrogen) atoms. The van der Waals surface area contributed by atoms with Gasteiger partial charge in [-0.25, -0.2) is 0 Å². The maximum atomic E-state index is 11.2. The fraction of sp³-hybridized carbons (Fsp3) is 0.308. The molecule has 1 atom stereocenters. The van der Waals surface area contributed by atoms with Crippen molar-refractivity contribution in [3.63, 3.8) is 0 Å². The standard InChI is InChI=1S/C13H14O2/c14-13(15)12(11-8-4-5-9-11)10-6-2-1-3-7-10/h1-3,6-8,12H,4-5,9H2,(H,14,15). The highest BCUT2D eigenvalue weighted by Crippen LogP contribution is 2.32. The van der Waals surface area contributed by atoms with Crippen LogP contribution in [-0.4, -0.2) is 11.1 Å². The van der Waals surface area contributed by atoms with E-state index in [1.807, 2.05) is 30.3 Å². The average molecular weight is 202 g/mol. The highest BCUT2D eigenvalue weighted by Gasteiger charge is 2.25. The topological polar surface area (TPSA) is 37.3 Å². The second-order valence-electron chi connectivity index (χ2n) is 3.85. The van der Waals surface area contributed by atoms with Gasteiger partial charge in [-0.3, -0.25) is 4.79 Å². The van der Waals surface area contributed by atoms with Gasteiger partial charge in [0.1, 0.15) is 5.92 Å². The van der Waals surface area contributed by atoms with E-state index >= 15 is 0 Å². The van der Waals surface area contributed by atoms with Gasteiger partial charge in [-0.2, -0.15) is 0 Å². The molecule has 1 unspecified atom stereocenters. The molecule has 2 rings (SSSR count). The van der Waals surface area contributed by atoms with E-state index < -0.39 is 11.9 Å². The van der Waals surface area contributed by atoms with E-state index in [-0.39, 0.29) is 0 Å². The van der Waals surface area contributed by atoms with E-state index in [9.17, 15) is 9.90 Å². The van der Waals surface area contributed by atoms with Crippen molar-refractivity contribution in [1.29, 1.82) is 0 Å². The zero-order chi connectivity index (χ0) is 10.7. The number of benzene rings is 1. The van der Waals surface area contributed by atoms with Crippen LogP contribution in [0.15, 0.2) is 42.0 Å². The normalized spacial score (nSPS) is 17.2. The van der Waals surface area contributed by atoms with Crippen molar-refractivity contribution < 1.29 is 9.90 Å². The fourth-order valence-electron chi connectivity index (χ4n) is 2.12. The number of carboxylic acids is 1. The van der Waals surface area contributed by atoms with Gasteiger partial charge in [-0.15, -0.1) is 0 Å². The van der Waals surface area contributed by atoms with E-state index in [1.165, 1.54) is 0 Å². The van der Waals surface area contributed by atoms with Crippen LogP contribution in [0.25, 0.3) is 0 Å². The van der Waals surface area contributed by atoms with E-state index in [4.69, 9.17) is 0 Å². The number of aliphatic carboxylic acids is 1. The zero-order valence-electron chi connectivity index (χ0n) is 8.52. The molecule has 1 aliphatic rings. The van der Waals surface area contributed by atoms with Crippen molar-refractivity contribution in [2.24, 2.45) is 0 Å². The third-order valence-corrected chi connectivity index (χ3v) is 2.83. The quantitative estimate of drug-likeness (QED) is 0.765. The van der Waals surface area contributed by atoms with E-state index in [2.05, 4.69) is 6.08 Å². The summed E-state index contributed by atoms with van der Waals surface area (Å²) >= 11 is 0. The summed E-state index contributed by atoms with van der Waals surface area (Å²) in [6.45, 7) is 0. The number of rotatable bonds is 3. The van der Waals surface area contributed by atoms with E-state index in [1.54, 1.807) is 0 Å². The summed E-state index contributed by atoms with van der Waals surface area (Å²) in [5.74, 6) is -1.18. The lowest BCUT2D eigenvalue weighted by molar-refractivity contribution is -0.137. The highest BCUT2D eigenvalue weighted by molar-refractivity contribution is 5.80. The summed E-state index contributed by atoms with van der Waals surface area (Å²) < 4.78 is 0. The minimum absolute atomic E-state index is 0.436. The van der Waals surface area contributed by atoms with E-state index in [0.717, 1.165) is 30.4 Å². The molecule has 0 aromatic heterocycles. The van der Waals surface area contributed by atoms with Crippen LogP contribution in [0.2, 0.25) is 0 Å². The molecule has 2 nitrogen and oxygen atoms in total. The van der Waals surface area contributed by atoms with Crippen molar-refractivity contribution in [1.82, 2.24) is 0 Å². The Balaban J connectivity index is 2.32. The molecular weight excluding hydrogens is 188 g/mol. The monoisotopic (exact) mass is 202 g/mol. The SMILES string of the molecule is O=C(O)C(C1=CCCC1)c1ccccc1. The van der Waals surface area contributed by atoms with Crippen LogP contribution in [0.5, 0.6) is 0 Å². The lowest BCUT2D eigenvalue weighted by atomic mass is 9.91. The minimum Gasteiger partial charge on any atom is -0.481 e. The van der Waals surface area contributed by atoms with Crippen LogP contribution in [-0.2, 0) is 4.79 Å². The van der Waals surface area contributed by atoms with Gasteiger partial charge >= 0.3 is 5.97 Å². The summed E-state index contributed by atoms with van der Waals surface area (Å²) in [6.07, 6.45) is 5.11. The van der Waals surface area contributed by atoms with Gasteiger partial charge in [0.05, 0.1) is 0 Å². The molecule has 0 saturated carbocycles. The van der Waals surface area contributed by atoms with Crippen LogP contribution in [0.4, 0.5) is 0 Å². The molecule has 0 bridgehead atoms. The van der Waals surface area contributed by atoms with Crippen LogP contribution >= 0.6 is 0 Å². The molecule has 0 fully saturated rings. The zero-order valence-corrected chi connectivity index (χ0v) is 8.52. The summed E-state index contributed by atoms with van der Waals surface area (Å²) in [5, 5.41) is 9.25. The second-order valence-corrected chi connectivity index (χ2v) is 3.85. The number of allylic oxidation sites excluding steroid dienone is 1. The Kier molecular flexibility index (Phi) is 2.86. The fourth-order valence-corrected chi connectivity index (χ4v) is 2.12. The lowest BCUT2D eigenvalue weighted by Crippen LogP contribution is -2.13. The predicted octanol–water partition coefficient (Wildman–Crippen LogP) is 2.97. The molecule has 0 spiro atoms. The number of hydrogen-bond acceptors (Lipinski definition) is 1. The Labute approximate surface area is 89.2 Å². The molecule has 1 aromatic carbocycles. The van der Waals surface area contributed by atoms with E-state index in [0.29, 0.717) is 0 Å². The van der Waals surface area contributed by atoms with Crippen molar-refractivity contribution >= 4 is 5.97 Å². The molecule has 78 valence electrons. The summed E-state index contributed by atoms with van der Waals surface area (Å²) in [4.78, 5) is 11.2. The Hall–Kier alpha value is -1.57. The van der Waals surface area contributed by atoms with Crippen molar-refractivity contribution in [3.8, 4) is 0 Å². The molecule has 0 amide bonds. The van der Waals surface area contributed by atoms with Crippen LogP contribution in [0.3, 0.4) is 0 Å². The van der Waals surface area contributed by atoms with Crippen molar-refractivity contribution in [2.75, 3.05) is 0 Å². The molecule has 0 radical (unpaired) electrons. The summed E-state index contributed by atoms with van der Waals surface area (Å²) in [5.41, 5.74) is 1.95. The first-order valence-electron chi connectivity index (χ1n) is 5.25. The largest absolute Gasteiger partial charge is 0.481 e. The van der Waals surface area contributed by atoms with Gasteiger partial charge in [0.15, 0.2) is 0 Å². The minimum atomic E-state index is -0.741. The van der Waals surface area contributed by atoms with Gasteiger partial charge < -0.3 is 5.11 Å². The first-order chi connectivity index (χ1) is 7.29. The van der Waals surface area contributed by atoms with Crippen molar-refractivity contribution in [3.05, 3.63) is 47.5 Å². The smallest absolute Gasteiger partial charge is 0.315 e. The Morgan fingerprint density at radius 1 is 1.27 bits per heavy atom. The van der Waals surface area contributed by atoms with Crippen LogP contribution in [0, 0.1) is 0 Å². The Bertz CT molecular complexity index is 379. The summed E-state index contributed by atoms with van der Waals surface area (Å²) in [7, 11) is 0. The van der Waals surface area contributed by atoms with Gasteiger partial charge in [0.2, 0.25) is 0 Å². The molecule has 1 aromatic rings. The van der Waals surface area contributed by atoms with Gasteiger partial charge in [-0.05, 0) is 24.8 Å². The van der Waals surface area contributed by atoms with Gasteiger partial charge in [-0.1, -0.05) is 42.0 Å². The Morgan fingerprint density at radius 2 is 2.00 bits per heavy atom. The molecule has 0 aliphatic heterocycles. The molecule has 0 saturated heterocycles. The highest BCUT2D eigenvalue weighted by atomic mass is 16.4. The lowest BCUT2D eigenvalue weighted by Gasteiger charge is -2.13.